The summed E-state index contributed by atoms with van der Waals surface area (Å²) in [6, 6.07) is 10.2. The average molecular weight is 353 g/mol. The number of rotatable bonds is 5. The molecule has 1 unspecified atom stereocenters. The molecule has 0 spiro atoms. The second kappa shape index (κ2) is 7.26. The molecule has 0 radical (unpaired) electrons. The van der Waals surface area contributed by atoms with Gasteiger partial charge in [-0.15, -0.1) is 0 Å². The largest absolute Gasteiger partial charge is 0.493 e. The molecule has 2 aromatic heterocycles. The lowest BCUT2D eigenvalue weighted by Gasteiger charge is -2.16. The third-order valence-electron chi connectivity index (χ3n) is 4.11. The lowest BCUT2D eigenvalue weighted by molar-refractivity contribution is 0.0937. The Morgan fingerprint density at radius 2 is 1.92 bits per heavy atom. The number of ether oxygens (including phenoxy) is 2. The molecule has 0 aliphatic rings. The van der Waals surface area contributed by atoms with E-state index in [4.69, 9.17) is 9.47 Å². The number of carbonyl (C=O) groups is 1. The van der Waals surface area contributed by atoms with E-state index in [2.05, 4.69) is 10.3 Å². The van der Waals surface area contributed by atoms with Crippen molar-refractivity contribution in [1.29, 1.82) is 0 Å². The molecule has 1 N–H and O–H groups in total. The van der Waals surface area contributed by atoms with Gasteiger partial charge >= 0.3 is 0 Å². The van der Waals surface area contributed by atoms with Crippen molar-refractivity contribution >= 4 is 11.6 Å². The number of nitrogens with one attached hydrogen (secondary N) is 1. The van der Waals surface area contributed by atoms with E-state index in [1.165, 1.54) is 10.6 Å². The van der Waals surface area contributed by atoms with Gasteiger partial charge in [-0.2, -0.15) is 0 Å². The molecule has 1 aromatic carbocycles. The van der Waals surface area contributed by atoms with Gasteiger partial charge < -0.3 is 14.8 Å². The van der Waals surface area contributed by atoms with Crippen LogP contribution in [0.5, 0.6) is 11.5 Å². The quantitative estimate of drug-likeness (QED) is 0.760. The lowest BCUT2D eigenvalue weighted by Crippen LogP contribution is -2.33. The highest BCUT2D eigenvalue weighted by Gasteiger charge is 2.17. The van der Waals surface area contributed by atoms with E-state index in [0.29, 0.717) is 17.1 Å². The number of methoxy groups -OCH3 is 2. The van der Waals surface area contributed by atoms with Gasteiger partial charge in [0, 0.05) is 12.4 Å². The number of nitrogens with zero attached hydrogens (tertiary/aromatic N) is 2. The highest BCUT2D eigenvalue weighted by molar-refractivity contribution is 5.94. The van der Waals surface area contributed by atoms with Crippen molar-refractivity contribution in [2.75, 3.05) is 14.2 Å². The molecule has 0 fully saturated rings. The first-order valence-electron chi connectivity index (χ1n) is 8.04. The predicted octanol–water partition coefficient (Wildman–Crippen LogP) is 2.20. The van der Waals surface area contributed by atoms with Crippen LogP contribution in [0.4, 0.5) is 0 Å². The van der Waals surface area contributed by atoms with E-state index in [9.17, 15) is 9.59 Å². The fraction of sp³-hybridized carbons (Fsp3) is 0.211. The molecule has 7 nitrogen and oxygen atoms in total. The van der Waals surface area contributed by atoms with Gasteiger partial charge in [-0.25, -0.2) is 4.98 Å². The minimum Gasteiger partial charge on any atom is -0.493 e. The lowest BCUT2D eigenvalue weighted by atomic mass is 10.1. The van der Waals surface area contributed by atoms with Crippen LogP contribution in [0, 0.1) is 0 Å². The Labute approximate surface area is 150 Å². The van der Waals surface area contributed by atoms with Gasteiger partial charge in [0.2, 0.25) is 0 Å². The van der Waals surface area contributed by atoms with Crippen LogP contribution in [0.3, 0.4) is 0 Å². The topological polar surface area (TPSA) is 81.9 Å². The molecular weight excluding hydrogens is 334 g/mol. The van der Waals surface area contributed by atoms with Gasteiger partial charge in [-0.3, -0.25) is 14.0 Å². The summed E-state index contributed by atoms with van der Waals surface area (Å²) in [4.78, 5) is 29.2. The van der Waals surface area contributed by atoms with Crippen molar-refractivity contribution < 1.29 is 14.3 Å². The molecule has 0 bridgehead atoms. The summed E-state index contributed by atoms with van der Waals surface area (Å²) >= 11 is 0. The Morgan fingerprint density at radius 3 is 2.65 bits per heavy atom. The van der Waals surface area contributed by atoms with Gasteiger partial charge in [-0.05, 0) is 36.8 Å². The Morgan fingerprint density at radius 1 is 1.15 bits per heavy atom. The summed E-state index contributed by atoms with van der Waals surface area (Å²) in [6.45, 7) is 1.82. The summed E-state index contributed by atoms with van der Waals surface area (Å²) in [5.74, 6) is 0.688. The van der Waals surface area contributed by atoms with Crippen molar-refractivity contribution in [3.05, 3.63) is 70.3 Å². The predicted molar refractivity (Wildman–Crippen MR) is 96.9 cm³/mol. The standard InChI is InChI=1S/C19H19N3O4/c1-12(13-7-8-15(25-2)16(10-13)26-3)21-18(23)14-11-20-17-6-4-5-9-22(17)19(14)24/h4-12H,1-3H3,(H,21,23). The normalized spacial score (nSPS) is 11.8. The summed E-state index contributed by atoms with van der Waals surface area (Å²) < 4.78 is 11.8. The molecular formula is C19H19N3O4. The van der Waals surface area contributed by atoms with Crippen LogP contribution in [-0.4, -0.2) is 29.5 Å². The maximum absolute atomic E-state index is 12.6. The number of hydrogen-bond donors (Lipinski definition) is 1. The van der Waals surface area contributed by atoms with E-state index in [1.807, 2.05) is 13.0 Å². The molecule has 7 heteroatoms. The zero-order valence-corrected chi connectivity index (χ0v) is 14.7. The molecule has 26 heavy (non-hydrogen) atoms. The van der Waals surface area contributed by atoms with Crippen LogP contribution in [0.25, 0.3) is 5.65 Å². The number of carbonyl (C=O) groups excluding carboxylic acids is 1. The van der Waals surface area contributed by atoms with E-state index in [0.717, 1.165) is 5.56 Å². The van der Waals surface area contributed by atoms with Crippen molar-refractivity contribution in [3.8, 4) is 11.5 Å². The van der Waals surface area contributed by atoms with Crippen LogP contribution in [0.1, 0.15) is 28.9 Å². The number of fused-ring (bicyclic) bond motifs is 1. The smallest absolute Gasteiger partial charge is 0.270 e. The first-order valence-corrected chi connectivity index (χ1v) is 8.04. The SMILES string of the molecule is COc1ccc(C(C)NC(=O)c2cnc3ccccn3c2=O)cc1OC. The van der Waals surface area contributed by atoms with Crippen molar-refractivity contribution in [1.82, 2.24) is 14.7 Å². The molecule has 134 valence electrons. The second-order valence-corrected chi connectivity index (χ2v) is 5.72. The highest BCUT2D eigenvalue weighted by atomic mass is 16.5. The molecule has 3 rings (SSSR count). The Kier molecular flexibility index (Phi) is 4.88. The zero-order chi connectivity index (χ0) is 18.7. The van der Waals surface area contributed by atoms with Crippen LogP contribution in [0.15, 0.2) is 53.6 Å². The third-order valence-corrected chi connectivity index (χ3v) is 4.11. The van der Waals surface area contributed by atoms with Gasteiger partial charge in [0.25, 0.3) is 11.5 Å². The van der Waals surface area contributed by atoms with Crippen LogP contribution in [-0.2, 0) is 0 Å². The molecule has 1 atom stereocenters. The van der Waals surface area contributed by atoms with Crippen LogP contribution < -0.4 is 20.3 Å². The van der Waals surface area contributed by atoms with E-state index < -0.39 is 11.5 Å². The van der Waals surface area contributed by atoms with Gasteiger partial charge in [0.05, 0.1) is 20.3 Å². The summed E-state index contributed by atoms with van der Waals surface area (Å²) in [7, 11) is 3.11. The number of pyridine rings is 1. The van der Waals surface area contributed by atoms with Gasteiger partial charge in [0.1, 0.15) is 11.2 Å². The number of hydrogen-bond acceptors (Lipinski definition) is 5. The van der Waals surface area contributed by atoms with Gasteiger partial charge in [0.15, 0.2) is 11.5 Å². The zero-order valence-electron chi connectivity index (χ0n) is 14.7. The molecule has 2 heterocycles. The highest BCUT2D eigenvalue weighted by Crippen LogP contribution is 2.29. The molecule has 0 aliphatic heterocycles. The van der Waals surface area contributed by atoms with Crippen LogP contribution in [0.2, 0.25) is 0 Å². The van der Waals surface area contributed by atoms with Gasteiger partial charge in [-0.1, -0.05) is 12.1 Å². The Balaban J connectivity index is 1.86. The van der Waals surface area contributed by atoms with Crippen molar-refractivity contribution in [3.63, 3.8) is 0 Å². The Hall–Kier alpha value is -3.35. The van der Waals surface area contributed by atoms with Crippen LogP contribution >= 0.6 is 0 Å². The number of benzene rings is 1. The number of aromatic nitrogens is 2. The summed E-state index contributed by atoms with van der Waals surface area (Å²) in [5, 5.41) is 2.82. The molecule has 3 aromatic rings. The minimum absolute atomic E-state index is 0.0129. The first-order chi connectivity index (χ1) is 12.5. The molecule has 0 saturated carbocycles. The maximum Gasteiger partial charge on any atom is 0.270 e. The maximum atomic E-state index is 12.6. The van der Waals surface area contributed by atoms with E-state index >= 15 is 0 Å². The first kappa shape index (κ1) is 17.5. The average Bonchev–Trinajstić information content (AvgIpc) is 2.67. The number of amides is 1. The van der Waals surface area contributed by atoms with E-state index in [-0.39, 0.29) is 11.6 Å². The fourth-order valence-corrected chi connectivity index (χ4v) is 2.66. The molecule has 0 saturated heterocycles. The molecule has 0 aliphatic carbocycles. The minimum atomic E-state index is -0.483. The fourth-order valence-electron chi connectivity index (χ4n) is 2.66. The van der Waals surface area contributed by atoms with E-state index in [1.54, 1.807) is 50.7 Å². The monoisotopic (exact) mass is 353 g/mol. The second-order valence-electron chi connectivity index (χ2n) is 5.72. The third kappa shape index (κ3) is 3.23. The Bertz CT molecular complexity index is 1010. The van der Waals surface area contributed by atoms with Crippen molar-refractivity contribution in [2.45, 2.75) is 13.0 Å². The summed E-state index contributed by atoms with van der Waals surface area (Å²) in [5.41, 5.74) is 0.889. The molecule has 1 amide bonds. The summed E-state index contributed by atoms with van der Waals surface area (Å²) in [6.07, 6.45) is 2.88. The van der Waals surface area contributed by atoms with Crippen molar-refractivity contribution in [2.24, 2.45) is 0 Å².